The molecule has 4 heteroatoms. The van der Waals surface area contributed by atoms with Crippen LogP contribution in [0.2, 0.25) is 0 Å². The lowest BCUT2D eigenvalue weighted by atomic mass is 9.98. The number of rotatable bonds is 7. The highest BCUT2D eigenvalue weighted by molar-refractivity contribution is 5.78. The number of hydrogen-bond donors (Lipinski definition) is 2. The van der Waals surface area contributed by atoms with E-state index in [2.05, 4.69) is 17.1 Å². The molecule has 1 rings (SSSR count). The highest BCUT2D eigenvalue weighted by Gasteiger charge is 2.32. The fraction of sp³-hybridized carbons (Fsp3) is 0.923. The summed E-state index contributed by atoms with van der Waals surface area (Å²) in [6, 6.07) is 0. The maximum Gasteiger partial charge on any atom is 0.323 e. The maximum absolute atomic E-state index is 11.1. The highest BCUT2D eigenvalue weighted by atomic mass is 16.4. The molecule has 2 unspecified atom stereocenters. The summed E-state index contributed by atoms with van der Waals surface area (Å²) in [7, 11) is 1.72. The van der Waals surface area contributed by atoms with Crippen LogP contribution < -0.4 is 5.32 Å². The summed E-state index contributed by atoms with van der Waals surface area (Å²) in [5.74, 6) is 0.0648. The monoisotopic (exact) mass is 242 g/mol. The van der Waals surface area contributed by atoms with Crippen LogP contribution in [0.1, 0.15) is 39.5 Å². The molecule has 0 saturated carbocycles. The number of carboxylic acid groups (broad SMARTS) is 1. The largest absolute Gasteiger partial charge is 0.480 e. The molecule has 17 heavy (non-hydrogen) atoms. The van der Waals surface area contributed by atoms with Crippen molar-refractivity contribution in [2.45, 2.75) is 45.1 Å². The van der Waals surface area contributed by atoms with Gasteiger partial charge in [-0.2, -0.15) is 0 Å². The van der Waals surface area contributed by atoms with Gasteiger partial charge in [0.25, 0.3) is 0 Å². The minimum Gasteiger partial charge on any atom is -0.480 e. The zero-order chi connectivity index (χ0) is 12.9. The van der Waals surface area contributed by atoms with Crippen molar-refractivity contribution >= 4 is 5.97 Å². The van der Waals surface area contributed by atoms with Crippen molar-refractivity contribution in [3.05, 3.63) is 0 Å². The molecule has 2 atom stereocenters. The number of likely N-dealkylation sites (tertiary alicyclic amines) is 1. The second-order valence-corrected chi connectivity index (χ2v) is 5.38. The van der Waals surface area contributed by atoms with E-state index >= 15 is 0 Å². The van der Waals surface area contributed by atoms with Crippen LogP contribution in [0.5, 0.6) is 0 Å². The van der Waals surface area contributed by atoms with Crippen LogP contribution in [0.15, 0.2) is 0 Å². The molecule has 4 nitrogen and oxygen atoms in total. The van der Waals surface area contributed by atoms with Gasteiger partial charge in [0, 0.05) is 13.1 Å². The van der Waals surface area contributed by atoms with Crippen LogP contribution in [0, 0.1) is 5.92 Å². The van der Waals surface area contributed by atoms with Gasteiger partial charge in [-0.05, 0) is 45.7 Å². The third-order valence-electron chi connectivity index (χ3n) is 4.02. The van der Waals surface area contributed by atoms with E-state index in [1.54, 1.807) is 14.0 Å². The smallest absolute Gasteiger partial charge is 0.323 e. The van der Waals surface area contributed by atoms with E-state index in [1.807, 2.05) is 0 Å². The summed E-state index contributed by atoms with van der Waals surface area (Å²) in [4.78, 5) is 13.5. The number of carbonyl (C=O) groups is 1. The summed E-state index contributed by atoms with van der Waals surface area (Å²) in [5, 5.41) is 12.1. The Morgan fingerprint density at radius 1 is 1.59 bits per heavy atom. The number of likely N-dealkylation sites (N-methyl/N-ethyl adjacent to an activating group) is 1. The first-order valence-corrected chi connectivity index (χ1v) is 6.66. The van der Waals surface area contributed by atoms with Gasteiger partial charge >= 0.3 is 5.97 Å². The van der Waals surface area contributed by atoms with E-state index in [-0.39, 0.29) is 0 Å². The number of nitrogens with zero attached hydrogens (tertiary/aromatic N) is 1. The Balaban J connectivity index is 2.34. The first-order chi connectivity index (χ1) is 8.01. The average Bonchev–Trinajstić information content (AvgIpc) is 2.74. The molecule has 0 aliphatic carbocycles. The molecule has 1 fully saturated rings. The molecular weight excluding hydrogens is 216 g/mol. The molecule has 0 amide bonds. The topological polar surface area (TPSA) is 52.6 Å². The summed E-state index contributed by atoms with van der Waals surface area (Å²) < 4.78 is 0. The molecule has 0 aromatic carbocycles. The third kappa shape index (κ3) is 3.96. The Hall–Kier alpha value is -0.610. The van der Waals surface area contributed by atoms with Crippen molar-refractivity contribution in [2.75, 3.05) is 26.7 Å². The Kier molecular flexibility index (Phi) is 5.40. The summed E-state index contributed by atoms with van der Waals surface area (Å²) in [6.07, 6.45) is 4.50. The molecule has 100 valence electrons. The molecule has 1 aliphatic rings. The van der Waals surface area contributed by atoms with Crippen LogP contribution in [0.4, 0.5) is 0 Å². The van der Waals surface area contributed by atoms with E-state index in [0.29, 0.717) is 6.42 Å². The summed E-state index contributed by atoms with van der Waals surface area (Å²) >= 11 is 0. The fourth-order valence-electron chi connectivity index (χ4n) is 2.48. The van der Waals surface area contributed by atoms with Gasteiger partial charge in [-0.1, -0.05) is 13.3 Å². The molecule has 1 heterocycles. The van der Waals surface area contributed by atoms with Crippen molar-refractivity contribution in [1.82, 2.24) is 10.2 Å². The molecule has 0 bridgehead atoms. The lowest BCUT2D eigenvalue weighted by molar-refractivity contribution is -0.144. The fourth-order valence-corrected chi connectivity index (χ4v) is 2.48. The zero-order valence-electron chi connectivity index (χ0n) is 11.3. The van der Waals surface area contributed by atoms with E-state index < -0.39 is 11.5 Å². The van der Waals surface area contributed by atoms with Crippen LogP contribution in [-0.2, 0) is 4.79 Å². The van der Waals surface area contributed by atoms with Crippen LogP contribution in [0.25, 0.3) is 0 Å². The normalized spacial score (nSPS) is 24.8. The van der Waals surface area contributed by atoms with Gasteiger partial charge < -0.3 is 15.3 Å². The number of carboxylic acids is 1. The second kappa shape index (κ2) is 6.36. The van der Waals surface area contributed by atoms with Crippen molar-refractivity contribution in [3.63, 3.8) is 0 Å². The van der Waals surface area contributed by atoms with E-state index in [0.717, 1.165) is 25.6 Å². The first-order valence-electron chi connectivity index (χ1n) is 6.66. The van der Waals surface area contributed by atoms with Crippen LogP contribution >= 0.6 is 0 Å². The molecule has 0 aromatic rings. The Morgan fingerprint density at radius 3 is 2.82 bits per heavy atom. The molecule has 1 aliphatic heterocycles. The van der Waals surface area contributed by atoms with Gasteiger partial charge in [-0.3, -0.25) is 4.79 Å². The van der Waals surface area contributed by atoms with Crippen molar-refractivity contribution in [3.8, 4) is 0 Å². The highest BCUT2D eigenvalue weighted by Crippen LogP contribution is 2.22. The summed E-state index contributed by atoms with van der Waals surface area (Å²) in [6.45, 7) is 7.14. The van der Waals surface area contributed by atoms with Gasteiger partial charge in [0.1, 0.15) is 5.54 Å². The average molecular weight is 242 g/mol. The Bertz CT molecular complexity index is 258. The minimum atomic E-state index is -0.789. The molecule has 1 saturated heterocycles. The van der Waals surface area contributed by atoms with Gasteiger partial charge in [-0.25, -0.2) is 0 Å². The van der Waals surface area contributed by atoms with Crippen LogP contribution in [-0.4, -0.2) is 48.2 Å². The SMILES string of the molecule is CCCC1CCN(CCC(C)(NC)C(=O)O)C1. The minimum absolute atomic E-state index is 0.664. The molecule has 0 spiro atoms. The van der Waals surface area contributed by atoms with Gasteiger partial charge in [0.05, 0.1) is 0 Å². The van der Waals surface area contributed by atoms with E-state index in [1.165, 1.54) is 19.3 Å². The quantitative estimate of drug-likeness (QED) is 0.711. The van der Waals surface area contributed by atoms with Gasteiger partial charge in [0.15, 0.2) is 0 Å². The first kappa shape index (κ1) is 14.5. The standard InChI is InChI=1S/C13H26N2O2/c1-4-5-11-6-8-15(10-11)9-7-13(2,14-3)12(16)17/h11,14H,4-10H2,1-3H3,(H,16,17). The Morgan fingerprint density at radius 2 is 2.29 bits per heavy atom. The Labute approximate surface area is 104 Å². The van der Waals surface area contributed by atoms with Gasteiger partial charge in [0.2, 0.25) is 0 Å². The predicted molar refractivity (Wildman–Crippen MR) is 69.2 cm³/mol. The molecule has 0 aromatic heterocycles. The van der Waals surface area contributed by atoms with Crippen molar-refractivity contribution in [1.29, 1.82) is 0 Å². The zero-order valence-corrected chi connectivity index (χ0v) is 11.3. The predicted octanol–water partition coefficient (Wildman–Crippen LogP) is 1.56. The number of aliphatic carboxylic acids is 1. The number of hydrogen-bond acceptors (Lipinski definition) is 3. The summed E-state index contributed by atoms with van der Waals surface area (Å²) in [5.41, 5.74) is -0.789. The van der Waals surface area contributed by atoms with E-state index in [9.17, 15) is 4.79 Å². The number of nitrogens with one attached hydrogen (secondary N) is 1. The lowest BCUT2D eigenvalue weighted by Gasteiger charge is -2.27. The van der Waals surface area contributed by atoms with Crippen molar-refractivity contribution in [2.24, 2.45) is 5.92 Å². The van der Waals surface area contributed by atoms with E-state index in [4.69, 9.17) is 5.11 Å². The molecule has 0 radical (unpaired) electrons. The van der Waals surface area contributed by atoms with Gasteiger partial charge in [-0.15, -0.1) is 0 Å². The second-order valence-electron chi connectivity index (χ2n) is 5.38. The molecule has 2 N–H and O–H groups in total. The lowest BCUT2D eigenvalue weighted by Crippen LogP contribution is -2.49. The van der Waals surface area contributed by atoms with Crippen LogP contribution in [0.3, 0.4) is 0 Å². The third-order valence-corrected chi connectivity index (χ3v) is 4.02. The molecular formula is C13H26N2O2. The van der Waals surface area contributed by atoms with Crippen molar-refractivity contribution < 1.29 is 9.90 Å². The maximum atomic E-state index is 11.1.